The molecule has 0 atom stereocenters. The zero-order valence-corrected chi connectivity index (χ0v) is 9.33. The Kier molecular flexibility index (Phi) is 2.90. The van der Waals surface area contributed by atoms with Gasteiger partial charge < -0.3 is 11.5 Å². The SMILES string of the molecule is Nc1ccc(-c2ccccc2C(F)(F)F)c(N)c1. The fraction of sp³-hybridized carbons (Fsp3) is 0.0769. The van der Waals surface area contributed by atoms with Crippen molar-refractivity contribution in [3.05, 3.63) is 48.0 Å². The molecule has 18 heavy (non-hydrogen) atoms. The highest BCUT2D eigenvalue weighted by Crippen LogP contribution is 2.39. The van der Waals surface area contributed by atoms with Crippen molar-refractivity contribution in [2.75, 3.05) is 11.5 Å². The third-order valence-electron chi connectivity index (χ3n) is 2.60. The van der Waals surface area contributed by atoms with Crippen LogP contribution in [0.1, 0.15) is 5.56 Å². The van der Waals surface area contributed by atoms with Gasteiger partial charge >= 0.3 is 6.18 Å². The third-order valence-corrected chi connectivity index (χ3v) is 2.60. The zero-order valence-electron chi connectivity index (χ0n) is 9.33. The van der Waals surface area contributed by atoms with Crippen molar-refractivity contribution in [1.82, 2.24) is 0 Å². The van der Waals surface area contributed by atoms with Crippen LogP contribution in [0.5, 0.6) is 0 Å². The van der Waals surface area contributed by atoms with Crippen LogP contribution in [-0.2, 0) is 6.18 Å². The zero-order chi connectivity index (χ0) is 13.3. The normalized spacial score (nSPS) is 11.5. The topological polar surface area (TPSA) is 52.0 Å². The number of anilines is 2. The van der Waals surface area contributed by atoms with Crippen molar-refractivity contribution in [3.63, 3.8) is 0 Å². The van der Waals surface area contributed by atoms with Crippen molar-refractivity contribution in [2.45, 2.75) is 6.18 Å². The summed E-state index contributed by atoms with van der Waals surface area (Å²) < 4.78 is 38.6. The maximum atomic E-state index is 12.9. The van der Waals surface area contributed by atoms with Gasteiger partial charge in [-0.15, -0.1) is 0 Å². The van der Waals surface area contributed by atoms with Crippen molar-refractivity contribution in [1.29, 1.82) is 0 Å². The van der Waals surface area contributed by atoms with Gasteiger partial charge in [0.2, 0.25) is 0 Å². The van der Waals surface area contributed by atoms with Gasteiger partial charge in [-0.05, 0) is 23.8 Å². The number of nitrogens with two attached hydrogens (primary N) is 2. The number of halogens is 3. The molecule has 2 rings (SSSR count). The lowest BCUT2D eigenvalue weighted by Gasteiger charge is -2.14. The molecule has 5 heteroatoms. The van der Waals surface area contributed by atoms with Crippen LogP contribution in [0.3, 0.4) is 0 Å². The maximum Gasteiger partial charge on any atom is 0.417 e. The van der Waals surface area contributed by atoms with Crippen LogP contribution in [0.25, 0.3) is 11.1 Å². The van der Waals surface area contributed by atoms with Crippen LogP contribution in [-0.4, -0.2) is 0 Å². The summed E-state index contributed by atoms with van der Waals surface area (Å²) in [7, 11) is 0. The minimum atomic E-state index is -4.41. The summed E-state index contributed by atoms with van der Waals surface area (Å²) in [6.45, 7) is 0. The molecule has 2 aromatic carbocycles. The second-order valence-corrected chi connectivity index (χ2v) is 3.89. The van der Waals surface area contributed by atoms with E-state index in [0.717, 1.165) is 6.07 Å². The van der Waals surface area contributed by atoms with Crippen LogP contribution in [0.2, 0.25) is 0 Å². The highest BCUT2D eigenvalue weighted by Gasteiger charge is 2.33. The molecule has 0 unspecified atom stereocenters. The average molecular weight is 252 g/mol. The van der Waals surface area contributed by atoms with Gasteiger partial charge in [0.1, 0.15) is 0 Å². The molecule has 0 aliphatic rings. The monoisotopic (exact) mass is 252 g/mol. The van der Waals surface area contributed by atoms with E-state index in [0.29, 0.717) is 11.3 Å². The van der Waals surface area contributed by atoms with E-state index in [4.69, 9.17) is 11.5 Å². The molecule has 0 spiro atoms. The van der Waals surface area contributed by atoms with Gasteiger partial charge in [0, 0.05) is 16.9 Å². The smallest absolute Gasteiger partial charge is 0.399 e. The van der Waals surface area contributed by atoms with Crippen LogP contribution >= 0.6 is 0 Å². The van der Waals surface area contributed by atoms with E-state index in [1.54, 1.807) is 6.07 Å². The maximum absolute atomic E-state index is 12.9. The molecule has 94 valence electrons. The minimum absolute atomic E-state index is 0.0579. The number of benzene rings is 2. The largest absolute Gasteiger partial charge is 0.417 e. The van der Waals surface area contributed by atoms with Crippen molar-refractivity contribution in [3.8, 4) is 11.1 Å². The Morgan fingerprint density at radius 3 is 2.11 bits per heavy atom. The summed E-state index contributed by atoms with van der Waals surface area (Å²) in [5, 5.41) is 0. The summed E-state index contributed by atoms with van der Waals surface area (Å²) in [5.74, 6) is 0. The lowest BCUT2D eigenvalue weighted by atomic mass is 9.97. The second kappa shape index (κ2) is 4.25. The Morgan fingerprint density at radius 2 is 1.50 bits per heavy atom. The molecule has 0 aromatic heterocycles. The van der Waals surface area contributed by atoms with Gasteiger partial charge in [-0.3, -0.25) is 0 Å². The van der Waals surface area contributed by atoms with E-state index in [1.165, 1.54) is 30.3 Å². The molecule has 0 saturated heterocycles. The lowest BCUT2D eigenvalue weighted by Crippen LogP contribution is -2.07. The first-order valence-corrected chi connectivity index (χ1v) is 5.21. The predicted molar refractivity (Wildman–Crippen MR) is 65.7 cm³/mol. The Balaban J connectivity index is 2.64. The van der Waals surface area contributed by atoms with Crippen molar-refractivity contribution in [2.24, 2.45) is 0 Å². The second-order valence-electron chi connectivity index (χ2n) is 3.89. The van der Waals surface area contributed by atoms with Gasteiger partial charge in [0.15, 0.2) is 0 Å². The van der Waals surface area contributed by atoms with Crippen LogP contribution < -0.4 is 11.5 Å². The first-order valence-electron chi connectivity index (χ1n) is 5.21. The molecule has 0 radical (unpaired) electrons. The van der Waals surface area contributed by atoms with Crippen LogP contribution in [0.4, 0.5) is 24.5 Å². The third kappa shape index (κ3) is 2.25. The Morgan fingerprint density at radius 1 is 0.833 bits per heavy atom. The van der Waals surface area contributed by atoms with E-state index in [9.17, 15) is 13.2 Å². The van der Waals surface area contributed by atoms with E-state index in [-0.39, 0.29) is 11.3 Å². The summed E-state index contributed by atoms with van der Waals surface area (Å²) in [5.41, 5.74) is 11.6. The summed E-state index contributed by atoms with van der Waals surface area (Å²) >= 11 is 0. The Bertz CT molecular complexity index is 577. The molecule has 4 N–H and O–H groups in total. The molecule has 0 fully saturated rings. The van der Waals surface area contributed by atoms with Gasteiger partial charge in [-0.2, -0.15) is 13.2 Å². The molecule has 0 bridgehead atoms. The molecule has 0 saturated carbocycles. The summed E-state index contributed by atoms with van der Waals surface area (Å²) in [4.78, 5) is 0. The van der Waals surface area contributed by atoms with E-state index < -0.39 is 11.7 Å². The molecule has 2 aromatic rings. The summed E-state index contributed by atoms with van der Waals surface area (Å²) in [6.07, 6.45) is -4.41. The van der Waals surface area contributed by atoms with Crippen molar-refractivity contribution < 1.29 is 13.2 Å². The number of rotatable bonds is 1. The Hall–Kier alpha value is -2.17. The van der Waals surface area contributed by atoms with E-state index in [1.807, 2.05) is 0 Å². The molecule has 0 amide bonds. The minimum Gasteiger partial charge on any atom is -0.399 e. The number of hydrogen-bond donors (Lipinski definition) is 2. The number of nitrogen functional groups attached to an aromatic ring is 2. The number of alkyl halides is 3. The quantitative estimate of drug-likeness (QED) is 0.763. The number of hydrogen-bond acceptors (Lipinski definition) is 2. The average Bonchev–Trinajstić information content (AvgIpc) is 2.28. The summed E-state index contributed by atoms with van der Waals surface area (Å²) in [6, 6.07) is 9.78. The van der Waals surface area contributed by atoms with Crippen LogP contribution in [0.15, 0.2) is 42.5 Å². The first-order chi connectivity index (χ1) is 8.39. The molecule has 0 heterocycles. The fourth-order valence-corrected chi connectivity index (χ4v) is 1.79. The molecule has 0 aliphatic carbocycles. The van der Waals surface area contributed by atoms with E-state index >= 15 is 0 Å². The highest BCUT2D eigenvalue weighted by atomic mass is 19.4. The van der Waals surface area contributed by atoms with Gasteiger partial charge in [0.05, 0.1) is 5.56 Å². The van der Waals surface area contributed by atoms with Crippen molar-refractivity contribution >= 4 is 11.4 Å². The van der Waals surface area contributed by atoms with Gasteiger partial charge in [-0.1, -0.05) is 24.3 Å². The molecule has 2 nitrogen and oxygen atoms in total. The Labute approximate surface area is 102 Å². The van der Waals surface area contributed by atoms with Crippen LogP contribution in [0, 0.1) is 0 Å². The highest BCUT2D eigenvalue weighted by molar-refractivity contribution is 5.81. The molecular weight excluding hydrogens is 241 g/mol. The van der Waals surface area contributed by atoms with E-state index in [2.05, 4.69) is 0 Å². The van der Waals surface area contributed by atoms with Gasteiger partial charge in [0.25, 0.3) is 0 Å². The van der Waals surface area contributed by atoms with Gasteiger partial charge in [-0.25, -0.2) is 0 Å². The fourth-order valence-electron chi connectivity index (χ4n) is 1.79. The molecule has 0 aliphatic heterocycles. The predicted octanol–water partition coefficient (Wildman–Crippen LogP) is 3.54. The lowest BCUT2D eigenvalue weighted by molar-refractivity contribution is -0.137. The standard InChI is InChI=1S/C13H11F3N2/c14-13(15,16)11-4-2-1-3-9(11)10-6-5-8(17)7-12(10)18/h1-7H,17-18H2. The first kappa shape index (κ1) is 12.3. The molecular formula is C13H11F3N2.